The Bertz CT molecular complexity index is 397. The van der Waals surface area contributed by atoms with Crippen LogP contribution < -0.4 is 4.74 Å². The van der Waals surface area contributed by atoms with E-state index in [9.17, 15) is 10.1 Å². The predicted molar refractivity (Wildman–Crippen MR) is 57.4 cm³/mol. The summed E-state index contributed by atoms with van der Waals surface area (Å²) in [7, 11) is 2.00. The van der Waals surface area contributed by atoms with E-state index in [1.54, 1.807) is 12.1 Å². The molecule has 0 saturated carbocycles. The number of nitro groups is 1. The molecule has 0 spiro atoms. The molecule has 86 valence electrons. The van der Waals surface area contributed by atoms with E-state index in [4.69, 9.17) is 4.74 Å². The molecule has 0 amide bonds. The maximum Gasteiger partial charge on any atom is 0.406 e. The van der Waals surface area contributed by atoms with Gasteiger partial charge in [-0.15, -0.1) is 0 Å². The van der Waals surface area contributed by atoms with Gasteiger partial charge in [0.25, 0.3) is 0 Å². The van der Waals surface area contributed by atoms with Crippen LogP contribution in [-0.2, 0) is 0 Å². The molecule has 1 aromatic rings. The minimum atomic E-state index is -0.520. The van der Waals surface area contributed by atoms with E-state index in [-0.39, 0.29) is 17.7 Å². The van der Waals surface area contributed by atoms with Crippen LogP contribution in [0.5, 0.6) is 5.75 Å². The average Bonchev–Trinajstić information content (AvgIpc) is 2.64. The minimum Gasteiger partial charge on any atom is -0.481 e. The van der Waals surface area contributed by atoms with Crippen LogP contribution in [0.3, 0.4) is 0 Å². The van der Waals surface area contributed by atoms with Crippen molar-refractivity contribution in [1.82, 2.24) is 9.88 Å². The van der Waals surface area contributed by atoms with Gasteiger partial charge in [-0.1, -0.05) is 0 Å². The molecule has 0 aromatic carbocycles. The van der Waals surface area contributed by atoms with Crippen molar-refractivity contribution in [3.63, 3.8) is 0 Å². The zero-order valence-corrected chi connectivity index (χ0v) is 9.00. The van der Waals surface area contributed by atoms with Gasteiger partial charge in [0.15, 0.2) is 0 Å². The van der Waals surface area contributed by atoms with Gasteiger partial charge in [0, 0.05) is 13.1 Å². The first-order chi connectivity index (χ1) is 7.66. The van der Waals surface area contributed by atoms with Crippen molar-refractivity contribution < 1.29 is 9.66 Å². The van der Waals surface area contributed by atoms with Crippen LogP contribution in [-0.4, -0.2) is 41.0 Å². The van der Waals surface area contributed by atoms with Gasteiger partial charge < -0.3 is 19.8 Å². The second-order valence-electron chi connectivity index (χ2n) is 3.87. The molecule has 6 heteroatoms. The summed E-state index contributed by atoms with van der Waals surface area (Å²) in [5.74, 6) is 0.0462. The van der Waals surface area contributed by atoms with E-state index in [0.717, 1.165) is 19.5 Å². The first-order valence-electron chi connectivity index (χ1n) is 5.11. The highest BCUT2D eigenvalue weighted by Crippen LogP contribution is 2.25. The van der Waals surface area contributed by atoms with Crippen molar-refractivity contribution in [3.05, 3.63) is 28.4 Å². The van der Waals surface area contributed by atoms with Crippen LogP contribution >= 0.6 is 0 Å². The summed E-state index contributed by atoms with van der Waals surface area (Å²) < 4.78 is 5.59. The van der Waals surface area contributed by atoms with Crippen LogP contribution in [0.25, 0.3) is 0 Å². The number of pyridine rings is 1. The fourth-order valence-electron chi connectivity index (χ4n) is 1.78. The molecular weight excluding hydrogens is 210 g/mol. The molecule has 16 heavy (non-hydrogen) atoms. The summed E-state index contributed by atoms with van der Waals surface area (Å²) >= 11 is 0. The maximum atomic E-state index is 10.7. The van der Waals surface area contributed by atoms with Crippen molar-refractivity contribution in [3.8, 4) is 5.75 Å². The Morgan fingerprint density at radius 3 is 3.12 bits per heavy atom. The lowest BCUT2D eigenvalue weighted by Crippen LogP contribution is -2.21. The number of likely N-dealkylation sites (tertiary alicyclic amines) is 1. The Hall–Kier alpha value is -1.69. The van der Waals surface area contributed by atoms with Crippen LogP contribution in [0.15, 0.2) is 18.3 Å². The molecule has 0 radical (unpaired) electrons. The molecule has 2 heterocycles. The molecule has 1 aromatic heterocycles. The normalized spacial score (nSPS) is 20.9. The lowest BCUT2D eigenvalue weighted by atomic mass is 10.3. The van der Waals surface area contributed by atoms with E-state index < -0.39 is 4.92 Å². The Morgan fingerprint density at radius 2 is 2.50 bits per heavy atom. The van der Waals surface area contributed by atoms with Crippen molar-refractivity contribution in [2.24, 2.45) is 0 Å². The van der Waals surface area contributed by atoms with Crippen molar-refractivity contribution in [2.45, 2.75) is 12.5 Å². The third-order valence-corrected chi connectivity index (χ3v) is 2.57. The van der Waals surface area contributed by atoms with Crippen molar-refractivity contribution in [2.75, 3.05) is 20.1 Å². The summed E-state index contributed by atoms with van der Waals surface area (Å²) in [5.41, 5.74) is 0. The molecule has 1 atom stereocenters. The van der Waals surface area contributed by atoms with Gasteiger partial charge in [-0.05, 0) is 35.5 Å². The Kier molecular flexibility index (Phi) is 3.00. The molecule has 1 unspecified atom stereocenters. The molecular formula is C10H13N3O3. The maximum absolute atomic E-state index is 10.7. The van der Waals surface area contributed by atoms with E-state index in [0.29, 0.717) is 0 Å². The molecule has 0 N–H and O–H groups in total. The quantitative estimate of drug-likeness (QED) is 0.566. The fourth-order valence-corrected chi connectivity index (χ4v) is 1.78. The molecule has 1 aliphatic heterocycles. The highest BCUT2D eigenvalue weighted by atomic mass is 16.6. The van der Waals surface area contributed by atoms with Crippen LogP contribution in [0, 0.1) is 10.1 Å². The third kappa shape index (κ3) is 2.27. The van der Waals surface area contributed by atoms with Crippen molar-refractivity contribution in [1.29, 1.82) is 0 Å². The summed E-state index contributed by atoms with van der Waals surface area (Å²) in [6.45, 7) is 1.75. The summed E-state index contributed by atoms with van der Waals surface area (Å²) in [6.07, 6.45) is 2.31. The van der Waals surface area contributed by atoms with Crippen LogP contribution in [0.2, 0.25) is 0 Å². The number of likely N-dealkylation sites (N-methyl/N-ethyl adjacent to an activating group) is 1. The third-order valence-electron chi connectivity index (χ3n) is 2.57. The second-order valence-corrected chi connectivity index (χ2v) is 3.87. The van der Waals surface area contributed by atoms with Gasteiger partial charge in [0.1, 0.15) is 12.3 Å². The van der Waals surface area contributed by atoms with Gasteiger partial charge in [0.2, 0.25) is 5.75 Å². The highest BCUT2D eigenvalue weighted by molar-refractivity contribution is 5.38. The Labute approximate surface area is 93.0 Å². The van der Waals surface area contributed by atoms with E-state index in [1.807, 2.05) is 7.05 Å². The van der Waals surface area contributed by atoms with Crippen LogP contribution in [0.4, 0.5) is 5.82 Å². The number of hydrogen-bond donors (Lipinski definition) is 0. The first-order valence-corrected chi connectivity index (χ1v) is 5.11. The molecule has 1 saturated heterocycles. The molecule has 0 aliphatic carbocycles. The number of nitrogens with zero attached hydrogens (tertiary/aromatic N) is 3. The topological polar surface area (TPSA) is 68.5 Å². The monoisotopic (exact) mass is 223 g/mol. The minimum absolute atomic E-state index is 0.0212. The number of hydrogen-bond acceptors (Lipinski definition) is 5. The fraction of sp³-hybridized carbons (Fsp3) is 0.500. The summed E-state index contributed by atoms with van der Waals surface area (Å²) in [4.78, 5) is 16.0. The van der Waals surface area contributed by atoms with Crippen LogP contribution in [0.1, 0.15) is 6.42 Å². The molecule has 0 bridgehead atoms. The largest absolute Gasteiger partial charge is 0.481 e. The lowest BCUT2D eigenvalue weighted by molar-refractivity contribution is -0.390. The Balaban J connectivity index is 2.12. The van der Waals surface area contributed by atoms with E-state index in [1.165, 1.54) is 6.20 Å². The molecule has 6 nitrogen and oxygen atoms in total. The summed E-state index contributed by atoms with van der Waals surface area (Å²) in [6, 6.07) is 3.23. The van der Waals surface area contributed by atoms with E-state index in [2.05, 4.69) is 9.88 Å². The van der Waals surface area contributed by atoms with Gasteiger partial charge in [-0.25, -0.2) is 0 Å². The lowest BCUT2D eigenvalue weighted by Gasteiger charge is -2.12. The molecule has 2 rings (SSSR count). The van der Waals surface area contributed by atoms with Gasteiger partial charge in [0.05, 0.1) is 0 Å². The first kappa shape index (κ1) is 10.8. The van der Waals surface area contributed by atoms with Gasteiger partial charge in [-0.3, -0.25) is 0 Å². The highest BCUT2D eigenvalue weighted by Gasteiger charge is 2.24. The standard InChI is InChI=1S/C10H13N3O3/c1-12-6-4-8(7-12)16-9-3-2-5-11-10(9)13(14)15/h2-3,5,8H,4,6-7H2,1H3. The van der Waals surface area contributed by atoms with Gasteiger partial charge in [-0.2, -0.15) is 0 Å². The average molecular weight is 223 g/mol. The number of rotatable bonds is 3. The van der Waals surface area contributed by atoms with Gasteiger partial charge >= 0.3 is 5.82 Å². The smallest absolute Gasteiger partial charge is 0.406 e. The SMILES string of the molecule is CN1CCC(Oc2cccnc2[N+](=O)[O-])C1. The zero-order chi connectivity index (χ0) is 11.5. The number of ether oxygens (including phenoxy) is 1. The second kappa shape index (κ2) is 4.44. The van der Waals surface area contributed by atoms with Crippen molar-refractivity contribution >= 4 is 5.82 Å². The molecule has 1 aliphatic rings. The van der Waals surface area contributed by atoms with E-state index >= 15 is 0 Å². The summed E-state index contributed by atoms with van der Waals surface area (Å²) in [5, 5.41) is 10.7. The zero-order valence-electron chi connectivity index (χ0n) is 9.00. The predicted octanol–water partition coefficient (Wildman–Crippen LogP) is 1.07. The number of aromatic nitrogens is 1. The molecule has 1 fully saturated rings. The Morgan fingerprint density at radius 1 is 1.69 bits per heavy atom.